The van der Waals surface area contributed by atoms with Crippen LogP contribution in [0.5, 0.6) is 5.88 Å². The number of likely N-dealkylation sites (tertiary alicyclic amines) is 1. The van der Waals surface area contributed by atoms with Gasteiger partial charge in [0.1, 0.15) is 23.7 Å². The standard InChI is InChI=1S/C41H58F2N6O10S/c1-9-30(44-37(54)59-38(4,5)40(7,42)43)35(52)48-24-27(58-33-28-16-12-13-17-29(28)34(51)49(46-33)20-21-57-8)22-31(48)32(50)45-41(23-26(41)15-11-10-14-25(2)3)36(53)47-60(55,56)39(6)18-19-39/h11-13,15-17,25-27,30-31H,9-10,14,18-24H2,1-8H3,(H,44,54)(H,45,50)(H,47,53)/b15-11-/t26-,27-,30+,31+,41-/m1/s1. The van der Waals surface area contributed by atoms with E-state index in [1.165, 1.54) is 23.6 Å². The molecular weight excluding hydrogens is 807 g/mol. The van der Waals surface area contributed by atoms with Crippen LogP contribution in [0.25, 0.3) is 10.8 Å². The highest BCUT2D eigenvalue weighted by Crippen LogP contribution is 2.47. The molecule has 16 nitrogen and oxygen atoms in total. The minimum absolute atomic E-state index is 0.0316. The van der Waals surface area contributed by atoms with Crippen LogP contribution in [0.2, 0.25) is 0 Å². The summed E-state index contributed by atoms with van der Waals surface area (Å²) in [6, 6.07) is 3.96. The first-order valence-corrected chi connectivity index (χ1v) is 21.9. The number of alkyl carbamates (subject to hydrolysis) is 1. The van der Waals surface area contributed by atoms with Crippen molar-refractivity contribution in [2.75, 3.05) is 20.3 Å². The van der Waals surface area contributed by atoms with Crippen LogP contribution in [0, 0.1) is 11.8 Å². The molecule has 60 heavy (non-hydrogen) atoms. The van der Waals surface area contributed by atoms with Crippen LogP contribution in [0.1, 0.15) is 93.4 Å². The maximum atomic E-state index is 14.5. The van der Waals surface area contributed by atoms with Gasteiger partial charge in [-0.1, -0.05) is 45.1 Å². The molecule has 2 aliphatic carbocycles. The fourth-order valence-corrected chi connectivity index (χ4v) is 8.25. The minimum atomic E-state index is -4.09. The smallest absolute Gasteiger partial charge is 0.408 e. The topological polar surface area (TPSA) is 204 Å². The summed E-state index contributed by atoms with van der Waals surface area (Å²) in [5.41, 5.74) is -4.27. The molecule has 1 aliphatic heterocycles. The van der Waals surface area contributed by atoms with E-state index in [2.05, 4.69) is 34.3 Å². The Balaban J connectivity index is 1.47. The molecule has 4 amide bonds. The van der Waals surface area contributed by atoms with Crippen LogP contribution < -0.4 is 25.7 Å². The Morgan fingerprint density at radius 3 is 2.37 bits per heavy atom. The van der Waals surface area contributed by atoms with Gasteiger partial charge in [-0.2, -0.15) is 0 Å². The zero-order valence-corrected chi connectivity index (χ0v) is 36.3. The van der Waals surface area contributed by atoms with E-state index >= 15 is 0 Å². The Bertz CT molecular complexity index is 2150. The Kier molecular flexibility index (Phi) is 13.7. The van der Waals surface area contributed by atoms with Gasteiger partial charge >= 0.3 is 6.09 Å². The number of rotatable bonds is 19. The second-order valence-corrected chi connectivity index (χ2v) is 19.5. The SMILES string of the molecule is CC[C@H](NC(=O)OC(C)(C)C(C)(F)F)C(=O)N1C[C@H](Oc2nn(CCOC)c(=O)c3ccccc23)C[C@H]1C(=O)N[C@]1(C(=O)NS(=O)(=O)C2(C)CC2)C[C@H]1/C=C\CCC(C)C. The number of methoxy groups -OCH3 is 1. The van der Waals surface area contributed by atoms with Crippen molar-refractivity contribution in [1.29, 1.82) is 0 Å². The summed E-state index contributed by atoms with van der Waals surface area (Å²) in [6.45, 7) is 9.94. The predicted octanol–water partition coefficient (Wildman–Crippen LogP) is 4.20. The van der Waals surface area contributed by atoms with Crippen molar-refractivity contribution in [3.63, 3.8) is 0 Å². The Morgan fingerprint density at radius 1 is 1.10 bits per heavy atom. The highest BCUT2D eigenvalue weighted by molar-refractivity contribution is 7.91. The maximum absolute atomic E-state index is 14.5. The molecular formula is C41H58F2N6O10S. The van der Waals surface area contributed by atoms with E-state index in [1.807, 2.05) is 6.08 Å². The summed E-state index contributed by atoms with van der Waals surface area (Å²) in [5, 5.41) is 10.3. The van der Waals surface area contributed by atoms with Gasteiger partial charge in [0.2, 0.25) is 27.7 Å². The molecule has 3 fully saturated rings. The number of amides is 4. The lowest BCUT2D eigenvalue weighted by Crippen LogP contribution is -2.59. The van der Waals surface area contributed by atoms with E-state index in [9.17, 15) is 41.2 Å². The van der Waals surface area contributed by atoms with Gasteiger partial charge < -0.3 is 29.7 Å². The molecule has 2 aromatic rings. The van der Waals surface area contributed by atoms with Crippen LogP contribution in [0.3, 0.4) is 0 Å². The van der Waals surface area contributed by atoms with Gasteiger partial charge in [-0.3, -0.25) is 23.9 Å². The van der Waals surface area contributed by atoms with Gasteiger partial charge in [0, 0.05) is 26.4 Å². The Hall–Kier alpha value is -4.65. The molecule has 0 radical (unpaired) electrons. The summed E-state index contributed by atoms with van der Waals surface area (Å²) in [7, 11) is -2.61. The third-order valence-corrected chi connectivity index (χ3v) is 13.9. The number of ether oxygens (including phenoxy) is 3. The van der Waals surface area contributed by atoms with Crippen molar-refractivity contribution in [3.8, 4) is 5.88 Å². The molecule has 3 aliphatic rings. The first kappa shape index (κ1) is 46.4. The van der Waals surface area contributed by atoms with E-state index in [0.717, 1.165) is 20.3 Å². The number of sulfonamides is 1. The number of nitrogens with zero attached hydrogens (tertiary/aromatic N) is 3. The van der Waals surface area contributed by atoms with E-state index < -0.39 is 79.8 Å². The number of allylic oxidation sites excluding steroid dienone is 1. The van der Waals surface area contributed by atoms with E-state index in [-0.39, 0.29) is 50.4 Å². The molecule has 1 saturated heterocycles. The average molecular weight is 865 g/mol. The third kappa shape index (κ3) is 10.1. The molecule has 5 rings (SSSR count). The van der Waals surface area contributed by atoms with Crippen molar-refractivity contribution in [2.45, 2.75) is 140 Å². The fourth-order valence-electron chi connectivity index (χ4n) is 6.94. The zero-order valence-electron chi connectivity index (χ0n) is 35.5. The normalized spacial score (nSPS) is 23.1. The zero-order chi connectivity index (χ0) is 44.4. The van der Waals surface area contributed by atoms with Gasteiger partial charge in [-0.15, -0.1) is 5.10 Å². The number of hydrogen-bond donors (Lipinski definition) is 3. The molecule has 0 bridgehead atoms. The number of fused-ring (bicyclic) bond motifs is 1. The molecule has 0 unspecified atom stereocenters. The molecule has 0 spiro atoms. The van der Waals surface area contributed by atoms with Gasteiger partial charge in [-0.25, -0.2) is 26.7 Å². The lowest BCUT2D eigenvalue weighted by Gasteiger charge is -2.32. The van der Waals surface area contributed by atoms with Crippen LogP contribution in [-0.4, -0.2) is 107 Å². The average Bonchev–Trinajstić information content (AvgIpc) is 4.05. The molecule has 19 heteroatoms. The molecule has 2 heterocycles. The molecule has 332 valence electrons. The van der Waals surface area contributed by atoms with Crippen LogP contribution in [0.15, 0.2) is 41.2 Å². The summed E-state index contributed by atoms with van der Waals surface area (Å²) < 4.78 is 73.7. The van der Waals surface area contributed by atoms with Gasteiger partial charge in [-0.05, 0) is 77.3 Å². The summed E-state index contributed by atoms with van der Waals surface area (Å²) in [6.07, 6.45) is 3.71. The Morgan fingerprint density at radius 2 is 1.77 bits per heavy atom. The summed E-state index contributed by atoms with van der Waals surface area (Å²) in [5.74, 6) is -5.98. The maximum Gasteiger partial charge on any atom is 0.408 e. The van der Waals surface area contributed by atoms with Crippen LogP contribution in [-0.2, 0) is 40.4 Å². The molecule has 3 N–H and O–H groups in total. The lowest BCUT2D eigenvalue weighted by molar-refractivity contribution is -0.151. The fraction of sp³-hybridized carbons (Fsp3) is 0.659. The Labute approximate surface area is 349 Å². The molecule has 1 aromatic carbocycles. The van der Waals surface area contributed by atoms with Gasteiger partial charge in [0.25, 0.3) is 17.4 Å². The van der Waals surface area contributed by atoms with Crippen molar-refractivity contribution < 1.29 is 50.6 Å². The number of aromatic nitrogens is 2. The largest absolute Gasteiger partial charge is 0.471 e. The number of halogens is 2. The van der Waals surface area contributed by atoms with E-state index in [0.29, 0.717) is 42.9 Å². The lowest BCUT2D eigenvalue weighted by atomic mass is 10.0. The first-order chi connectivity index (χ1) is 28.0. The molecule has 5 atom stereocenters. The number of hydrogen-bond acceptors (Lipinski definition) is 11. The molecule has 2 saturated carbocycles. The first-order valence-electron chi connectivity index (χ1n) is 20.4. The third-order valence-electron chi connectivity index (χ3n) is 11.7. The van der Waals surface area contributed by atoms with E-state index in [4.69, 9.17) is 14.2 Å². The van der Waals surface area contributed by atoms with Crippen LogP contribution >= 0.6 is 0 Å². The number of benzene rings is 1. The van der Waals surface area contributed by atoms with Crippen molar-refractivity contribution in [1.82, 2.24) is 30.0 Å². The summed E-state index contributed by atoms with van der Waals surface area (Å²) in [4.78, 5) is 70.2. The van der Waals surface area contributed by atoms with Gasteiger partial charge in [0.15, 0.2) is 5.60 Å². The number of carbonyl (C=O) groups excluding carboxylic acids is 4. The highest BCUT2D eigenvalue weighted by Gasteiger charge is 2.63. The minimum Gasteiger partial charge on any atom is -0.471 e. The second kappa shape index (κ2) is 17.8. The quantitative estimate of drug-likeness (QED) is 0.171. The predicted molar refractivity (Wildman–Crippen MR) is 218 cm³/mol. The number of carbonyl (C=O) groups is 4. The number of nitrogens with one attached hydrogen (secondary N) is 3. The van der Waals surface area contributed by atoms with Crippen molar-refractivity contribution >= 4 is 44.6 Å². The second-order valence-electron chi connectivity index (χ2n) is 17.3. The van der Waals surface area contributed by atoms with Gasteiger partial charge in [0.05, 0.1) is 35.2 Å². The van der Waals surface area contributed by atoms with Crippen LogP contribution in [0.4, 0.5) is 13.6 Å². The highest BCUT2D eigenvalue weighted by atomic mass is 32.2. The van der Waals surface area contributed by atoms with E-state index in [1.54, 1.807) is 37.3 Å². The monoisotopic (exact) mass is 864 g/mol. The summed E-state index contributed by atoms with van der Waals surface area (Å²) >= 11 is 0. The van der Waals surface area contributed by atoms with Crippen molar-refractivity contribution in [2.24, 2.45) is 11.8 Å². The van der Waals surface area contributed by atoms with Crippen molar-refractivity contribution in [3.05, 3.63) is 46.8 Å². The number of alkyl halides is 2. The molecule has 1 aromatic heterocycles.